The van der Waals surface area contributed by atoms with Crippen molar-refractivity contribution in [1.82, 2.24) is 10.2 Å². The normalized spacial score (nSPS) is 20.5. The van der Waals surface area contributed by atoms with Gasteiger partial charge < -0.3 is 16.0 Å². The number of nitrogens with two attached hydrogens (primary N) is 1. The zero-order chi connectivity index (χ0) is 13.9. The van der Waals surface area contributed by atoms with Crippen molar-refractivity contribution >= 4 is 29.9 Å². The summed E-state index contributed by atoms with van der Waals surface area (Å²) in [7, 11) is 0. The van der Waals surface area contributed by atoms with Crippen LogP contribution in [-0.2, 0) is 0 Å². The summed E-state index contributed by atoms with van der Waals surface area (Å²) in [5.41, 5.74) is 5.90. The second kappa shape index (κ2) is 12.7. The Bertz CT molecular complexity index is 258. The third-order valence-corrected chi connectivity index (χ3v) is 3.91. The molecular formula is C15H33IN4. The van der Waals surface area contributed by atoms with Gasteiger partial charge in [-0.2, -0.15) is 0 Å². The monoisotopic (exact) mass is 396 g/mol. The Morgan fingerprint density at radius 2 is 2.10 bits per heavy atom. The van der Waals surface area contributed by atoms with E-state index in [-0.39, 0.29) is 24.0 Å². The maximum atomic E-state index is 5.90. The molecule has 1 fully saturated rings. The summed E-state index contributed by atoms with van der Waals surface area (Å²) in [4.78, 5) is 7.00. The number of guanidine groups is 1. The largest absolute Gasteiger partial charge is 0.370 e. The molecule has 0 amide bonds. The van der Waals surface area contributed by atoms with Crippen LogP contribution in [0.2, 0.25) is 0 Å². The predicted molar refractivity (Wildman–Crippen MR) is 98.9 cm³/mol. The summed E-state index contributed by atoms with van der Waals surface area (Å²) in [5.74, 6) is 1.32. The number of nitrogens with one attached hydrogen (secondary N) is 1. The summed E-state index contributed by atoms with van der Waals surface area (Å²) in [5, 5.41) is 3.22. The Morgan fingerprint density at radius 3 is 2.80 bits per heavy atom. The minimum atomic E-state index is 0. The highest BCUT2D eigenvalue weighted by molar-refractivity contribution is 14.0. The molecule has 20 heavy (non-hydrogen) atoms. The second-order valence-corrected chi connectivity index (χ2v) is 5.61. The molecule has 0 aromatic heterocycles. The number of halogens is 1. The van der Waals surface area contributed by atoms with Crippen molar-refractivity contribution < 1.29 is 0 Å². The fraction of sp³-hybridized carbons (Fsp3) is 0.933. The molecule has 0 bridgehead atoms. The van der Waals surface area contributed by atoms with Gasteiger partial charge in [0.1, 0.15) is 0 Å². The fourth-order valence-corrected chi connectivity index (χ4v) is 2.64. The van der Waals surface area contributed by atoms with E-state index in [1.54, 1.807) is 0 Å². The van der Waals surface area contributed by atoms with Crippen LogP contribution < -0.4 is 11.1 Å². The van der Waals surface area contributed by atoms with Crippen LogP contribution >= 0.6 is 24.0 Å². The van der Waals surface area contributed by atoms with E-state index in [2.05, 4.69) is 29.1 Å². The van der Waals surface area contributed by atoms with Gasteiger partial charge in [0.15, 0.2) is 5.96 Å². The number of unbranched alkanes of at least 4 members (excludes halogenated alkanes) is 3. The number of rotatable bonds is 8. The topological polar surface area (TPSA) is 53.6 Å². The molecule has 0 radical (unpaired) electrons. The number of aliphatic imine (C=N–C) groups is 1. The van der Waals surface area contributed by atoms with Gasteiger partial charge in [0.25, 0.3) is 0 Å². The lowest BCUT2D eigenvalue weighted by Crippen LogP contribution is -2.37. The van der Waals surface area contributed by atoms with Crippen molar-refractivity contribution in [2.75, 3.05) is 32.7 Å². The van der Waals surface area contributed by atoms with Gasteiger partial charge in [0.2, 0.25) is 0 Å². The van der Waals surface area contributed by atoms with Crippen LogP contribution in [0.3, 0.4) is 0 Å². The number of nitrogens with zero attached hydrogens (tertiary/aromatic N) is 2. The number of likely N-dealkylation sites (tertiary alicyclic amines) is 1. The first-order chi connectivity index (χ1) is 9.26. The van der Waals surface area contributed by atoms with Gasteiger partial charge in [-0.05, 0) is 38.3 Å². The Labute approximate surface area is 142 Å². The SMILES string of the molecule is CCCCCCNC(N)=NCC1CCCN(CC)C1.I. The van der Waals surface area contributed by atoms with E-state index >= 15 is 0 Å². The van der Waals surface area contributed by atoms with E-state index in [0.29, 0.717) is 11.9 Å². The Balaban J connectivity index is 0.00000361. The molecule has 5 heteroatoms. The van der Waals surface area contributed by atoms with Gasteiger partial charge in [-0.1, -0.05) is 33.1 Å². The van der Waals surface area contributed by atoms with Crippen LogP contribution in [0.15, 0.2) is 4.99 Å². The maximum absolute atomic E-state index is 5.90. The molecule has 1 aliphatic heterocycles. The van der Waals surface area contributed by atoms with Crippen molar-refractivity contribution in [2.45, 2.75) is 52.4 Å². The first kappa shape index (κ1) is 20.0. The Morgan fingerprint density at radius 1 is 1.30 bits per heavy atom. The summed E-state index contributed by atoms with van der Waals surface area (Å²) >= 11 is 0. The molecular weight excluding hydrogens is 363 g/mol. The van der Waals surface area contributed by atoms with E-state index in [9.17, 15) is 0 Å². The van der Waals surface area contributed by atoms with E-state index in [0.717, 1.165) is 19.6 Å². The molecule has 1 atom stereocenters. The Hall–Kier alpha value is -0.0400. The zero-order valence-electron chi connectivity index (χ0n) is 13.2. The molecule has 0 aliphatic carbocycles. The fourth-order valence-electron chi connectivity index (χ4n) is 2.64. The summed E-state index contributed by atoms with van der Waals surface area (Å²) < 4.78 is 0. The molecule has 0 spiro atoms. The summed E-state index contributed by atoms with van der Waals surface area (Å²) in [6, 6.07) is 0. The molecule has 120 valence electrons. The molecule has 1 saturated heterocycles. The molecule has 1 rings (SSSR count). The lowest BCUT2D eigenvalue weighted by molar-refractivity contribution is 0.186. The third-order valence-electron chi connectivity index (χ3n) is 3.91. The van der Waals surface area contributed by atoms with Gasteiger partial charge in [-0.15, -0.1) is 24.0 Å². The first-order valence-corrected chi connectivity index (χ1v) is 8.02. The van der Waals surface area contributed by atoms with E-state index < -0.39 is 0 Å². The quantitative estimate of drug-likeness (QED) is 0.287. The van der Waals surface area contributed by atoms with Crippen LogP contribution in [0.1, 0.15) is 52.4 Å². The average Bonchev–Trinajstić information content (AvgIpc) is 2.45. The van der Waals surface area contributed by atoms with Crippen molar-refractivity contribution in [2.24, 2.45) is 16.6 Å². The lowest BCUT2D eigenvalue weighted by Gasteiger charge is -2.30. The molecule has 1 heterocycles. The molecule has 1 aliphatic rings. The molecule has 1 unspecified atom stereocenters. The van der Waals surface area contributed by atoms with Crippen molar-refractivity contribution in [1.29, 1.82) is 0 Å². The summed E-state index contributed by atoms with van der Waals surface area (Å²) in [6.45, 7) is 9.90. The van der Waals surface area contributed by atoms with Crippen LogP contribution in [0.4, 0.5) is 0 Å². The van der Waals surface area contributed by atoms with Gasteiger partial charge in [-0.3, -0.25) is 4.99 Å². The van der Waals surface area contributed by atoms with Crippen LogP contribution in [-0.4, -0.2) is 43.6 Å². The number of hydrogen-bond acceptors (Lipinski definition) is 2. The predicted octanol–water partition coefficient (Wildman–Crippen LogP) is 2.82. The number of piperidine rings is 1. The highest BCUT2D eigenvalue weighted by atomic mass is 127. The minimum Gasteiger partial charge on any atom is -0.370 e. The van der Waals surface area contributed by atoms with Gasteiger partial charge in [0, 0.05) is 19.6 Å². The molecule has 4 nitrogen and oxygen atoms in total. The molecule has 0 aromatic carbocycles. The molecule has 3 N–H and O–H groups in total. The third kappa shape index (κ3) is 9.00. The van der Waals surface area contributed by atoms with Crippen LogP contribution in [0.5, 0.6) is 0 Å². The van der Waals surface area contributed by atoms with E-state index in [1.165, 1.54) is 51.6 Å². The highest BCUT2D eigenvalue weighted by Gasteiger charge is 2.18. The first-order valence-electron chi connectivity index (χ1n) is 8.02. The zero-order valence-corrected chi connectivity index (χ0v) is 15.6. The van der Waals surface area contributed by atoms with Crippen molar-refractivity contribution in [3.8, 4) is 0 Å². The van der Waals surface area contributed by atoms with Crippen molar-refractivity contribution in [3.05, 3.63) is 0 Å². The smallest absolute Gasteiger partial charge is 0.188 e. The van der Waals surface area contributed by atoms with Crippen LogP contribution in [0, 0.1) is 5.92 Å². The van der Waals surface area contributed by atoms with E-state index in [4.69, 9.17) is 5.73 Å². The second-order valence-electron chi connectivity index (χ2n) is 5.61. The molecule has 0 saturated carbocycles. The number of hydrogen-bond donors (Lipinski definition) is 2. The van der Waals surface area contributed by atoms with Crippen LogP contribution in [0.25, 0.3) is 0 Å². The van der Waals surface area contributed by atoms with E-state index in [1.807, 2.05) is 0 Å². The summed E-state index contributed by atoms with van der Waals surface area (Å²) in [6.07, 6.45) is 7.66. The average molecular weight is 396 g/mol. The van der Waals surface area contributed by atoms with Gasteiger partial charge in [0.05, 0.1) is 0 Å². The molecule has 0 aromatic rings. The lowest BCUT2D eigenvalue weighted by atomic mass is 9.98. The minimum absolute atomic E-state index is 0. The Kier molecular flexibility index (Phi) is 12.7. The standard InChI is InChI=1S/C15H32N4.HI/c1-3-5-6-7-10-17-15(16)18-12-14-9-8-11-19(4-2)13-14;/h14H,3-13H2,1-2H3,(H3,16,17,18);1H. The maximum Gasteiger partial charge on any atom is 0.188 e. The highest BCUT2D eigenvalue weighted by Crippen LogP contribution is 2.16. The van der Waals surface area contributed by atoms with Crippen molar-refractivity contribution in [3.63, 3.8) is 0 Å². The van der Waals surface area contributed by atoms with Gasteiger partial charge >= 0.3 is 0 Å². The van der Waals surface area contributed by atoms with Gasteiger partial charge in [-0.25, -0.2) is 0 Å².